The van der Waals surface area contributed by atoms with Gasteiger partial charge in [-0.05, 0) is 23.8 Å². The molecule has 140 valence electrons. The van der Waals surface area contributed by atoms with E-state index in [2.05, 4.69) is 16.0 Å². The fourth-order valence-corrected chi connectivity index (χ4v) is 2.25. The van der Waals surface area contributed by atoms with Crippen LogP contribution in [0.25, 0.3) is 0 Å². The molecule has 0 radical (unpaired) electrons. The number of hydrogen-bond acceptors (Lipinski definition) is 5. The highest BCUT2D eigenvalue weighted by Crippen LogP contribution is 2.12. The second-order valence-electron chi connectivity index (χ2n) is 5.55. The zero-order valence-corrected chi connectivity index (χ0v) is 14.5. The molecule has 0 aliphatic rings. The van der Waals surface area contributed by atoms with Crippen LogP contribution in [-0.4, -0.2) is 36.2 Å². The SMILES string of the molecule is CNC(=O)c1cccc(CNC(=O)CNC(=O)c2cccc([N+](=O)[O-])c2)c1. The van der Waals surface area contributed by atoms with Gasteiger partial charge in [-0.1, -0.05) is 18.2 Å². The predicted octanol–water partition coefficient (Wildman–Crippen LogP) is 1.00. The Morgan fingerprint density at radius 2 is 1.63 bits per heavy atom. The van der Waals surface area contributed by atoms with Gasteiger partial charge in [0.05, 0.1) is 11.5 Å². The average molecular weight is 370 g/mol. The van der Waals surface area contributed by atoms with Crippen molar-refractivity contribution in [2.24, 2.45) is 0 Å². The van der Waals surface area contributed by atoms with Crippen molar-refractivity contribution in [3.63, 3.8) is 0 Å². The minimum Gasteiger partial charge on any atom is -0.355 e. The number of carbonyl (C=O) groups excluding carboxylic acids is 3. The summed E-state index contributed by atoms with van der Waals surface area (Å²) in [5.41, 5.74) is 1.09. The summed E-state index contributed by atoms with van der Waals surface area (Å²) in [7, 11) is 1.53. The molecule has 0 aliphatic carbocycles. The third-order valence-electron chi connectivity index (χ3n) is 3.63. The molecule has 3 amide bonds. The van der Waals surface area contributed by atoms with E-state index in [1.165, 1.54) is 25.2 Å². The Morgan fingerprint density at radius 1 is 0.963 bits per heavy atom. The predicted molar refractivity (Wildman–Crippen MR) is 97.1 cm³/mol. The Kier molecular flexibility index (Phi) is 6.59. The molecule has 0 atom stereocenters. The Labute approximate surface area is 154 Å². The van der Waals surface area contributed by atoms with Gasteiger partial charge in [-0.25, -0.2) is 0 Å². The van der Waals surface area contributed by atoms with Gasteiger partial charge in [-0.15, -0.1) is 0 Å². The molecule has 2 aromatic carbocycles. The van der Waals surface area contributed by atoms with Crippen molar-refractivity contribution in [1.29, 1.82) is 0 Å². The van der Waals surface area contributed by atoms with Gasteiger partial charge in [-0.2, -0.15) is 0 Å². The molecule has 9 heteroatoms. The molecule has 2 rings (SSSR count). The van der Waals surface area contributed by atoms with E-state index in [0.29, 0.717) is 5.56 Å². The van der Waals surface area contributed by atoms with Gasteiger partial charge in [0.2, 0.25) is 5.91 Å². The summed E-state index contributed by atoms with van der Waals surface area (Å²) in [5.74, 6) is -1.25. The van der Waals surface area contributed by atoms with Crippen LogP contribution in [0.1, 0.15) is 26.3 Å². The molecule has 0 aromatic heterocycles. The maximum atomic E-state index is 12.0. The first-order valence-corrected chi connectivity index (χ1v) is 8.01. The number of nitrogens with zero attached hydrogens (tertiary/aromatic N) is 1. The monoisotopic (exact) mass is 370 g/mol. The average Bonchev–Trinajstić information content (AvgIpc) is 2.70. The summed E-state index contributed by atoms with van der Waals surface area (Å²) >= 11 is 0. The van der Waals surface area contributed by atoms with E-state index >= 15 is 0 Å². The molecule has 0 fully saturated rings. The highest BCUT2D eigenvalue weighted by atomic mass is 16.6. The molecule has 0 heterocycles. The third kappa shape index (κ3) is 5.63. The number of nitrogens with one attached hydrogen (secondary N) is 3. The number of carbonyl (C=O) groups is 3. The third-order valence-corrected chi connectivity index (χ3v) is 3.63. The number of rotatable bonds is 7. The van der Waals surface area contributed by atoms with Gasteiger partial charge in [-0.3, -0.25) is 24.5 Å². The van der Waals surface area contributed by atoms with Crippen molar-refractivity contribution in [2.75, 3.05) is 13.6 Å². The second kappa shape index (κ2) is 9.09. The summed E-state index contributed by atoms with van der Waals surface area (Å²) in [6.45, 7) is -0.0903. The Balaban J connectivity index is 1.86. The molecular weight excluding hydrogens is 352 g/mol. The topological polar surface area (TPSA) is 130 Å². The van der Waals surface area contributed by atoms with Crippen molar-refractivity contribution >= 4 is 23.4 Å². The van der Waals surface area contributed by atoms with Crippen LogP contribution in [-0.2, 0) is 11.3 Å². The summed E-state index contributed by atoms with van der Waals surface area (Å²) in [6.07, 6.45) is 0. The molecule has 0 saturated carbocycles. The first-order chi connectivity index (χ1) is 12.9. The summed E-state index contributed by atoms with van der Waals surface area (Å²) in [6, 6.07) is 12.0. The molecule has 2 aromatic rings. The lowest BCUT2D eigenvalue weighted by Gasteiger charge is -2.08. The molecule has 0 spiro atoms. The molecule has 9 nitrogen and oxygen atoms in total. The number of hydrogen-bond donors (Lipinski definition) is 3. The van der Waals surface area contributed by atoms with E-state index in [0.717, 1.165) is 11.6 Å². The molecule has 3 N–H and O–H groups in total. The lowest BCUT2D eigenvalue weighted by Crippen LogP contribution is -2.36. The van der Waals surface area contributed by atoms with Crippen molar-refractivity contribution in [2.45, 2.75) is 6.54 Å². The van der Waals surface area contributed by atoms with Crippen molar-refractivity contribution in [3.05, 3.63) is 75.3 Å². The lowest BCUT2D eigenvalue weighted by atomic mass is 10.1. The van der Waals surface area contributed by atoms with Crippen LogP contribution in [0.5, 0.6) is 0 Å². The largest absolute Gasteiger partial charge is 0.355 e. The molecule has 0 saturated heterocycles. The van der Waals surface area contributed by atoms with E-state index in [9.17, 15) is 24.5 Å². The highest BCUT2D eigenvalue weighted by molar-refractivity contribution is 5.97. The zero-order chi connectivity index (χ0) is 19.8. The van der Waals surface area contributed by atoms with Gasteiger partial charge in [0.15, 0.2) is 0 Å². The summed E-state index contributed by atoms with van der Waals surface area (Å²) < 4.78 is 0. The first-order valence-electron chi connectivity index (χ1n) is 8.01. The van der Waals surface area contributed by atoms with Crippen LogP contribution >= 0.6 is 0 Å². The van der Waals surface area contributed by atoms with Crippen molar-refractivity contribution in [1.82, 2.24) is 16.0 Å². The lowest BCUT2D eigenvalue weighted by molar-refractivity contribution is -0.384. The normalized spacial score (nSPS) is 9.96. The van der Waals surface area contributed by atoms with Gasteiger partial charge >= 0.3 is 0 Å². The highest BCUT2D eigenvalue weighted by Gasteiger charge is 2.12. The zero-order valence-electron chi connectivity index (χ0n) is 14.5. The van der Waals surface area contributed by atoms with E-state index in [1.807, 2.05) is 0 Å². The minimum atomic E-state index is -0.601. The fraction of sp³-hybridized carbons (Fsp3) is 0.167. The van der Waals surface area contributed by atoms with Crippen LogP contribution in [0, 0.1) is 10.1 Å². The number of non-ortho nitro benzene ring substituents is 1. The number of nitro benzene ring substituents is 1. The maximum absolute atomic E-state index is 12.0. The number of benzene rings is 2. The molecule has 0 bridgehead atoms. The molecular formula is C18H18N4O5. The number of amides is 3. The quantitative estimate of drug-likeness (QED) is 0.494. The van der Waals surface area contributed by atoms with E-state index in [1.54, 1.807) is 24.3 Å². The van der Waals surface area contributed by atoms with Gasteiger partial charge < -0.3 is 16.0 Å². The van der Waals surface area contributed by atoms with E-state index in [4.69, 9.17) is 0 Å². The van der Waals surface area contributed by atoms with E-state index < -0.39 is 16.7 Å². The maximum Gasteiger partial charge on any atom is 0.270 e. The Morgan fingerprint density at radius 3 is 2.30 bits per heavy atom. The van der Waals surface area contributed by atoms with E-state index in [-0.39, 0.29) is 30.2 Å². The van der Waals surface area contributed by atoms with Crippen LogP contribution in [0.15, 0.2) is 48.5 Å². The van der Waals surface area contributed by atoms with Crippen LogP contribution in [0.3, 0.4) is 0 Å². The second-order valence-corrected chi connectivity index (χ2v) is 5.55. The van der Waals surface area contributed by atoms with Gasteiger partial charge in [0.25, 0.3) is 17.5 Å². The Bertz CT molecular complexity index is 882. The van der Waals surface area contributed by atoms with Crippen LogP contribution < -0.4 is 16.0 Å². The summed E-state index contributed by atoms with van der Waals surface area (Å²) in [5, 5.41) is 18.3. The molecule has 0 aliphatic heterocycles. The summed E-state index contributed by atoms with van der Waals surface area (Å²) in [4.78, 5) is 45.6. The standard InChI is InChI=1S/C18H18N4O5/c1-19-17(24)13-5-2-4-12(8-13)10-20-16(23)11-21-18(25)14-6-3-7-15(9-14)22(26)27/h2-9H,10-11H2,1H3,(H,19,24)(H,20,23)(H,21,25). The molecule has 27 heavy (non-hydrogen) atoms. The van der Waals surface area contributed by atoms with Gasteiger partial charge in [0, 0.05) is 36.9 Å². The first kappa shape index (κ1) is 19.6. The molecule has 0 unspecified atom stereocenters. The van der Waals surface area contributed by atoms with Crippen molar-refractivity contribution < 1.29 is 19.3 Å². The number of nitro groups is 1. The van der Waals surface area contributed by atoms with Crippen LogP contribution in [0.4, 0.5) is 5.69 Å². The van der Waals surface area contributed by atoms with Crippen molar-refractivity contribution in [3.8, 4) is 0 Å². The minimum absolute atomic E-state index is 0.0929. The van der Waals surface area contributed by atoms with Crippen LogP contribution in [0.2, 0.25) is 0 Å². The fourth-order valence-electron chi connectivity index (χ4n) is 2.25. The Hall–Kier alpha value is -3.75. The smallest absolute Gasteiger partial charge is 0.270 e. The van der Waals surface area contributed by atoms with Gasteiger partial charge in [0.1, 0.15) is 0 Å².